The van der Waals surface area contributed by atoms with Gasteiger partial charge in [0.2, 0.25) is 0 Å². The summed E-state index contributed by atoms with van der Waals surface area (Å²) in [5, 5.41) is 4.63. The van der Waals surface area contributed by atoms with Crippen molar-refractivity contribution in [2.45, 2.75) is 33.1 Å². The second-order valence-corrected chi connectivity index (χ2v) is 6.45. The molecule has 112 valence electrons. The van der Waals surface area contributed by atoms with E-state index in [4.69, 9.17) is 5.73 Å². The second-order valence-electron chi connectivity index (χ2n) is 6.45. The van der Waals surface area contributed by atoms with Gasteiger partial charge in [-0.2, -0.15) is 5.10 Å². The molecule has 1 aromatic heterocycles. The lowest BCUT2D eigenvalue weighted by atomic mass is 9.94. The summed E-state index contributed by atoms with van der Waals surface area (Å²) in [6, 6.07) is 8.61. The molecule has 0 saturated carbocycles. The number of para-hydroxylation sites is 1. The Hall–Kier alpha value is -1.97. The molecule has 4 nitrogen and oxygen atoms in total. The molecule has 21 heavy (non-hydrogen) atoms. The Kier molecular flexibility index (Phi) is 3.40. The first-order chi connectivity index (χ1) is 9.99. The molecule has 0 amide bonds. The van der Waals surface area contributed by atoms with Crippen molar-refractivity contribution in [1.29, 1.82) is 0 Å². The zero-order valence-electron chi connectivity index (χ0n) is 13.3. The van der Waals surface area contributed by atoms with Crippen LogP contribution >= 0.6 is 0 Å². The van der Waals surface area contributed by atoms with E-state index in [-0.39, 0.29) is 0 Å². The summed E-state index contributed by atoms with van der Waals surface area (Å²) in [4.78, 5) is 2.33. The van der Waals surface area contributed by atoms with Crippen molar-refractivity contribution in [1.82, 2.24) is 9.78 Å². The van der Waals surface area contributed by atoms with E-state index in [1.165, 1.54) is 11.3 Å². The number of nitrogens with two attached hydrogens (primary N) is 1. The fourth-order valence-electron chi connectivity index (χ4n) is 3.30. The molecule has 0 spiro atoms. The lowest BCUT2D eigenvalue weighted by molar-refractivity contribution is 0.553. The smallest absolute Gasteiger partial charge is 0.154 e. The Bertz CT molecular complexity index is 657. The molecular formula is C17H24N4. The molecule has 1 aliphatic heterocycles. The lowest BCUT2D eigenvalue weighted by Gasteiger charge is -2.34. The third-order valence-electron chi connectivity index (χ3n) is 4.23. The normalized spacial score (nSPS) is 18.1. The highest BCUT2D eigenvalue weighted by Crippen LogP contribution is 2.39. The number of aromatic nitrogens is 2. The maximum Gasteiger partial charge on any atom is 0.154 e. The highest BCUT2D eigenvalue weighted by Gasteiger charge is 2.28. The first kappa shape index (κ1) is 14.0. The van der Waals surface area contributed by atoms with E-state index in [1.807, 2.05) is 11.7 Å². The van der Waals surface area contributed by atoms with Crippen LogP contribution in [0.5, 0.6) is 0 Å². The van der Waals surface area contributed by atoms with E-state index in [1.54, 1.807) is 0 Å². The maximum absolute atomic E-state index is 6.41. The molecule has 3 rings (SSSR count). The number of nitrogens with zero attached hydrogens (tertiary/aromatic N) is 3. The third kappa shape index (κ3) is 2.28. The second kappa shape index (κ2) is 5.10. The predicted molar refractivity (Wildman–Crippen MR) is 88.0 cm³/mol. The van der Waals surface area contributed by atoms with Crippen LogP contribution in [0.2, 0.25) is 0 Å². The van der Waals surface area contributed by atoms with Crippen LogP contribution in [-0.4, -0.2) is 16.3 Å². The Morgan fingerprint density at radius 2 is 2.00 bits per heavy atom. The molecule has 2 aromatic rings. The van der Waals surface area contributed by atoms with E-state index in [0.717, 1.165) is 30.2 Å². The molecule has 0 aliphatic carbocycles. The van der Waals surface area contributed by atoms with Gasteiger partial charge in [0.1, 0.15) is 0 Å². The Morgan fingerprint density at radius 1 is 1.29 bits per heavy atom. The van der Waals surface area contributed by atoms with Crippen LogP contribution < -0.4 is 10.6 Å². The van der Waals surface area contributed by atoms with Crippen molar-refractivity contribution >= 4 is 17.2 Å². The van der Waals surface area contributed by atoms with Gasteiger partial charge >= 0.3 is 0 Å². The summed E-state index contributed by atoms with van der Waals surface area (Å²) in [5.74, 6) is 1.97. The van der Waals surface area contributed by atoms with Gasteiger partial charge in [-0.1, -0.05) is 39.0 Å². The standard InChI is InChI=1S/C17H24N4/c1-11(2)16-15(18)17(20(4)19-16)21-10-12(3)9-13-7-5-6-8-14(13)21/h5-8,11-12H,9-10,18H2,1-4H3. The molecule has 0 radical (unpaired) electrons. The Balaban J connectivity index is 2.13. The fourth-order valence-corrected chi connectivity index (χ4v) is 3.30. The van der Waals surface area contributed by atoms with Crippen molar-refractivity contribution in [3.05, 3.63) is 35.5 Å². The minimum absolute atomic E-state index is 0.336. The minimum atomic E-state index is 0.336. The molecule has 4 heteroatoms. The zero-order valence-corrected chi connectivity index (χ0v) is 13.3. The molecular weight excluding hydrogens is 260 g/mol. The summed E-state index contributed by atoms with van der Waals surface area (Å²) in [6.45, 7) is 7.54. The van der Waals surface area contributed by atoms with Gasteiger partial charge in [-0.05, 0) is 29.9 Å². The number of nitrogen functional groups attached to an aromatic ring is 1. The van der Waals surface area contributed by atoms with Gasteiger partial charge in [-0.3, -0.25) is 4.68 Å². The monoisotopic (exact) mass is 284 g/mol. The topological polar surface area (TPSA) is 47.1 Å². The van der Waals surface area contributed by atoms with Crippen LogP contribution in [0.1, 0.15) is 37.9 Å². The molecule has 1 aliphatic rings. The first-order valence-corrected chi connectivity index (χ1v) is 7.66. The quantitative estimate of drug-likeness (QED) is 0.918. The number of aryl methyl sites for hydroxylation is 1. The highest BCUT2D eigenvalue weighted by atomic mass is 15.4. The van der Waals surface area contributed by atoms with Crippen molar-refractivity contribution in [2.75, 3.05) is 17.2 Å². The fraction of sp³-hybridized carbons (Fsp3) is 0.471. The lowest BCUT2D eigenvalue weighted by Crippen LogP contribution is -2.32. The summed E-state index contributed by atoms with van der Waals surface area (Å²) in [7, 11) is 1.99. The van der Waals surface area contributed by atoms with Gasteiger partial charge in [0.25, 0.3) is 0 Å². The summed E-state index contributed by atoms with van der Waals surface area (Å²) >= 11 is 0. The van der Waals surface area contributed by atoms with Crippen molar-refractivity contribution in [2.24, 2.45) is 13.0 Å². The minimum Gasteiger partial charge on any atom is -0.394 e. The summed E-state index contributed by atoms with van der Waals surface area (Å²) in [6.07, 6.45) is 1.13. The van der Waals surface area contributed by atoms with Gasteiger partial charge in [-0.25, -0.2) is 0 Å². The molecule has 2 N–H and O–H groups in total. The van der Waals surface area contributed by atoms with Gasteiger partial charge in [0.05, 0.1) is 11.4 Å². The van der Waals surface area contributed by atoms with E-state index >= 15 is 0 Å². The summed E-state index contributed by atoms with van der Waals surface area (Å²) in [5.41, 5.74) is 10.9. The third-order valence-corrected chi connectivity index (χ3v) is 4.23. The van der Waals surface area contributed by atoms with Gasteiger partial charge in [0, 0.05) is 19.3 Å². The van der Waals surface area contributed by atoms with E-state index < -0.39 is 0 Å². The average molecular weight is 284 g/mol. The molecule has 1 atom stereocenters. The number of rotatable bonds is 2. The molecule has 0 bridgehead atoms. The Morgan fingerprint density at radius 3 is 2.67 bits per heavy atom. The van der Waals surface area contributed by atoms with Crippen LogP contribution in [0.25, 0.3) is 0 Å². The SMILES string of the molecule is CC1Cc2ccccc2N(c2c(N)c(C(C)C)nn2C)C1. The van der Waals surface area contributed by atoms with Gasteiger partial charge in [0.15, 0.2) is 5.82 Å². The van der Waals surface area contributed by atoms with E-state index in [9.17, 15) is 0 Å². The van der Waals surface area contributed by atoms with Crippen LogP contribution in [0, 0.1) is 5.92 Å². The van der Waals surface area contributed by atoms with Gasteiger partial charge < -0.3 is 10.6 Å². The average Bonchev–Trinajstić information content (AvgIpc) is 2.73. The van der Waals surface area contributed by atoms with Crippen molar-refractivity contribution in [3.63, 3.8) is 0 Å². The number of benzene rings is 1. The molecule has 2 heterocycles. The predicted octanol–water partition coefficient (Wildman–Crippen LogP) is 3.46. The van der Waals surface area contributed by atoms with Crippen LogP contribution in [0.3, 0.4) is 0 Å². The first-order valence-electron chi connectivity index (χ1n) is 7.66. The molecule has 1 aromatic carbocycles. The molecule has 0 saturated heterocycles. The van der Waals surface area contributed by atoms with Gasteiger partial charge in [-0.15, -0.1) is 0 Å². The highest BCUT2D eigenvalue weighted by molar-refractivity contribution is 5.76. The van der Waals surface area contributed by atoms with Crippen LogP contribution in [-0.2, 0) is 13.5 Å². The molecule has 1 unspecified atom stereocenters. The van der Waals surface area contributed by atoms with Crippen LogP contribution in [0.15, 0.2) is 24.3 Å². The molecule has 0 fully saturated rings. The van der Waals surface area contributed by atoms with Crippen molar-refractivity contribution < 1.29 is 0 Å². The number of hydrogen-bond acceptors (Lipinski definition) is 3. The zero-order chi connectivity index (χ0) is 15.1. The van der Waals surface area contributed by atoms with Crippen LogP contribution in [0.4, 0.5) is 17.2 Å². The van der Waals surface area contributed by atoms with E-state index in [2.05, 4.69) is 55.0 Å². The number of hydrogen-bond donors (Lipinski definition) is 1. The number of anilines is 3. The summed E-state index contributed by atoms with van der Waals surface area (Å²) < 4.78 is 1.93. The number of fused-ring (bicyclic) bond motifs is 1. The van der Waals surface area contributed by atoms with E-state index in [0.29, 0.717) is 11.8 Å². The maximum atomic E-state index is 6.41. The van der Waals surface area contributed by atoms with Crippen molar-refractivity contribution in [3.8, 4) is 0 Å². The Labute approximate surface area is 126 Å². The largest absolute Gasteiger partial charge is 0.394 e.